The molecule has 0 radical (unpaired) electrons. The third kappa shape index (κ3) is 4.63. The van der Waals surface area contributed by atoms with Crippen molar-refractivity contribution in [1.82, 2.24) is 20.1 Å². The van der Waals surface area contributed by atoms with Gasteiger partial charge in [-0.2, -0.15) is 0 Å². The summed E-state index contributed by atoms with van der Waals surface area (Å²) in [4.78, 5) is 12.0. The molecule has 6 nitrogen and oxygen atoms in total. The Kier molecular flexibility index (Phi) is 5.96. The molecule has 0 atom stereocenters. The standard InChI is InChI=1S/C17H24N4O2S/c1-2-3-4-9-18-15(22)12-24-17-20-19-16(13-7-8-13)21(17)11-14-6-5-10-23-14/h5-6,10,13H,2-4,7-9,11-12H2,1H3,(H,18,22). The molecule has 1 fully saturated rings. The van der Waals surface area contributed by atoms with Crippen LogP contribution in [0, 0.1) is 0 Å². The topological polar surface area (TPSA) is 73.0 Å². The Balaban J connectivity index is 1.57. The van der Waals surface area contributed by atoms with Gasteiger partial charge < -0.3 is 9.73 Å². The van der Waals surface area contributed by atoms with Crippen LogP contribution in [0.5, 0.6) is 0 Å². The Labute approximate surface area is 146 Å². The van der Waals surface area contributed by atoms with Crippen molar-refractivity contribution in [2.45, 2.75) is 56.6 Å². The maximum absolute atomic E-state index is 12.0. The predicted octanol–water partition coefficient (Wildman–Crippen LogP) is 3.20. The maximum Gasteiger partial charge on any atom is 0.230 e. The van der Waals surface area contributed by atoms with Crippen LogP contribution in [0.2, 0.25) is 0 Å². The zero-order chi connectivity index (χ0) is 16.8. The largest absolute Gasteiger partial charge is 0.467 e. The first-order valence-corrected chi connectivity index (χ1v) is 9.61. The van der Waals surface area contributed by atoms with Gasteiger partial charge in [0.15, 0.2) is 5.16 Å². The second-order valence-corrected chi connectivity index (χ2v) is 7.07. The minimum Gasteiger partial charge on any atom is -0.467 e. The molecule has 24 heavy (non-hydrogen) atoms. The lowest BCUT2D eigenvalue weighted by Crippen LogP contribution is -2.26. The van der Waals surface area contributed by atoms with Crippen molar-refractivity contribution in [3.8, 4) is 0 Å². The summed E-state index contributed by atoms with van der Waals surface area (Å²) < 4.78 is 7.54. The first-order valence-electron chi connectivity index (χ1n) is 8.63. The van der Waals surface area contributed by atoms with Gasteiger partial charge in [-0.05, 0) is 31.4 Å². The van der Waals surface area contributed by atoms with Crippen molar-refractivity contribution in [1.29, 1.82) is 0 Å². The van der Waals surface area contributed by atoms with Crippen LogP contribution in [0.15, 0.2) is 28.0 Å². The number of nitrogens with one attached hydrogen (secondary N) is 1. The van der Waals surface area contributed by atoms with E-state index in [-0.39, 0.29) is 5.91 Å². The molecule has 1 aliphatic carbocycles. The highest BCUT2D eigenvalue weighted by Gasteiger charge is 2.30. The van der Waals surface area contributed by atoms with E-state index in [1.165, 1.54) is 24.6 Å². The summed E-state index contributed by atoms with van der Waals surface area (Å²) in [5.41, 5.74) is 0. The lowest BCUT2D eigenvalue weighted by molar-refractivity contribution is -0.118. The van der Waals surface area contributed by atoms with Gasteiger partial charge in [0.2, 0.25) is 5.91 Å². The molecule has 2 aromatic heterocycles. The van der Waals surface area contributed by atoms with Crippen molar-refractivity contribution >= 4 is 17.7 Å². The molecule has 2 aromatic rings. The highest BCUT2D eigenvalue weighted by molar-refractivity contribution is 7.99. The Morgan fingerprint density at radius 2 is 2.29 bits per heavy atom. The zero-order valence-corrected chi connectivity index (χ0v) is 14.8. The minimum atomic E-state index is 0.0524. The van der Waals surface area contributed by atoms with E-state index in [1.807, 2.05) is 12.1 Å². The summed E-state index contributed by atoms with van der Waals surface area (Å²) in [6, 6.07) is 3.83. The number of carbonyl (C=O) groups is 1. The Morgan fingerprint density at radius 1 is 1.42 bits per heavy atom. The normalized spacial score (nSPS) is 14.0. The smallest absolute Gasteiger partial charge is 0.230 e. The third-order valence-electron chi connectivity index (χ3n) is 4.02. The SMILES string of the molecule is CCCCCNC(=O)CSc1nnc(C2CC2)n1Cc1ccco1. The van der Waals surface area contributed by atoms with Crippen molar-refractivity contribution in [2.75, 3.05) is 12.3 Å². The van der Waals surface area contributed by atoms with Crippen LogP contribution in [-0.4, -0.2) is 33.0 Å². The lowest BCUT2D eigenvalue weighted by atomic mass is 10.2. The fraction of sp³-hybridized carbons (Fsp3) is 0.588. The van der Waals surface area contributed by atoms with Crippen LogP contribution < -0.4 is 5.32 Å². The summed E-state index contributed by atoms with van der Waals surface area (Å²) in [5, 5.41) is 12.4. The lowest BCUT2D eigenvalue weighted by Gasteiger charge is -2.08. The van der Waals surface area contributed by atoms with Crippen LogP contribution >= 0.6 is 11.8 Å². The van der Waals surface area contributed by atoms with Crippen LogP contribution in [0.25, 0.3) is 0 Å². The van der Waals surface area contributed by atoms with Crippen LogP contribution in [0.3, 0.4) is 0 Å². The van der Waals surface area contributed by atoms with Gasteiger partial charge in [-0.25, -0.2) is 0 Å². The summed E-state index contributed by atoms with van der Waals surface area (Å²) in [5.74, 6) is 2.81. The van der Waals surface area contributed by atoms with Crippen LogP contribution in [0.4, 0.5) is 0 Å². The van der Waals surface area contributed by atoms with Crippen LogP contribution in [0.1, 0.15) is 56.5 Å². The first-order chi connectivity index (χ1) is 11.8. The zero-order valence-electron chi connectivity index (χ0n) is 14.0. The third-order valence-corrected chi connectivity index (χ3v) is 4.98. The summed E-state index contributed by atoms with van der Waals surface area (Å²) in [7, 11) is 0. The molecule has 1 saturated carbocycles. The molecule has 0 aromatic carbocycles. The number of thioether (sulfide) groups is 1. The van der Waals surface area contributed by atoms with Crippen molar-refractivity contribution in [3.63, 3.8) is 0 Å². The molecular formula is C17H24N4O2S. The summed E-state index contributed by atoms with van der Waals surface area (Å²) in [6.07, 6.45) is 7.35. The second-order valence-electron chi connectivity index (χ2n) is 6.13. The van der Waals surface area contributed by atoms with Crippen molar-refractivity contribution in [2.24, 2.45) is 0 Å². The first kappa shape index (κ1) is 17.1. The molecule has 3 rings (SSSR count). The van der Waals surface area contributed by atoms with E-state index in [0.717, 1.165) is 42.5 Å². The van der Waals surface area contributed by atoms with Gasteiger partial charge in [-0.3, -0.25) is 9.36 Å². The minimum absolute atomic E-state index is 0.0524. The molecule has 0 saturated heterocycles. The second kappa shape index (κ2) is 8.37. The van der Waals surface area contributed by atoms with Crippen LogP contribution in [-0.2, 0) is 11.3 Å². The Hall–Kier alpha value is -1.76. The number of hydrogen-bond acceptors (Lipinski definition) is 5. The van der Waals surface area contributed by atoms with Gasteiger partial charge in [-0.1, -0.05) is 31.5 Å². The predicted molar refractivity (Wildman–Crippen MR) is 93.1 cm³/mol. The number of rotatable bonds is 10. The molecule has 0 bridgehead atoms. The van der Waals surface area contributed by atoms with Crippen molar-refractivity contribution < 1.29 is 9.21 Å². The highest BCUT2D eigenvalue weighted by Crippen LogP contribution is 2.40. The van der Waals surface area contributed by atoms with E-state index in [1.54, 1.807) is 6.26 Å². The highest BCUT2D eigenvalue weighted by atomic mass is 32.2. The number of nitrogens with zero attached hydrogens (tertiary/aromatic N) is 3. The van der Waals surface area contributed by atoms with E-state index in [9.17, 15) is 4.79 Å². The molecule has 1 N–H and O–H groups in total. The Bertz CT molecular complexity index is 650. The summed E-state index contributed by atoms with van der Waals surface area (Å²) in [6.45, 7) is 3.52. The number of amides is 1. The number of hydrogen-bond donors (Lipinski definition) is 1. The molecule has 130 valence electrons. The van der Waals surface area contributed by atoms with Gasteiger partial charge in [0.05, 0.1) is 18.6 Å². The van der Waals surface area contributed by atoms with Gasteiger partial charge in [0, 0.05) is 12.5 Å². The van der Waals surface area contributed by atoms with E-state index in [4.69, 9.17) is 4.42 Å². The number of carbonyl (C=O) groups excluding carboxylic acids is 1. The average molecular weight is 348 g/mol. The van der Waals surface area contributed by atoms with Gasteiger partial charge in [0.25, 0.3) is 0 Å². The van der Waals surface area contributed by atoms with E-state index < -0.39 is 0 Å². The van der Waals surface area contributed by atoms with Gasteiger partial charge >= 0.3 is 0 Å². The fourth-order valence-corrected chi connectivity index (χ4v) is 3.32. The molecule has 0 aliphatic heterocycles. The Morgan fingerprint density at radius 3 is 3.00 bits per heavy atom. The van der Waals surface area contributed by atoms with E-state index in [2.05, 4.69) is 27.0 Å². The molecule has 1 amide bonds. The maximum atomic E-state index is 12.0. The van der Waals surface area contributed by atoms with E-state index in [0.29, 0.717) is 18.2 Å². The number of furan rings is 1. The molecule has 2 heterocycles. The molecule has 1 aliphatic rings. The molecular weight excluding hydrogens is 324 g/mol. The van der Waals surface area contributed by atoms with Gasteiger partial charge in [0.1, 0.15) is 11.6 Å². The fourth-order valence-electron chi connectivity index (χ4n) is 2.54. The number of aromatic nitrogens is 3. The monoisotopic (exact) mass is 348 g/mol. The quantitative estimate of drug-likeness (QED) is 0.527. The number of unbranched alkanes of at least 4 members (excludes halogenated alkanes) is 2. The van der Waals surface area contributed by atoms with Gasteiger partial charge in [-0.15, -0.1) is 10.2 Å². The average Bonchev–Trinajstić information content (AvgIpc) is 3.15. The summed E-state index contributed by atoms with van der Waals surface area (Å²) >= 11 is 1.44. The molecule has 0 unspecified atom stereocenters. The molecule has 0 spiro atoms. The van der Waals surface area contributed by atoms with E-state index >= 15 is 0 Å². The van der Waals surface area contributed by atoms with Crippen molar-refractivity contribution in [3.05, 3.63) is 30.0 Å². The molecule has 7 heteroatoms.